The van der Waals surface area contributed by atoms with Gasteiger partial charge in [0.1, 0.15) is 5.82 Å². The molecule has 1 unspecified atom stereocenters. The summed E-state index contributed by atoms with van der Waals surface area (Å²) in [6, 6.07) is 5.12. The zero-order valence-electron chi connectivity index (χ0n) is 10.2. The van der Waals surface area contributed by atoms with Crippen LogP contribution in [0.15, 0.2) is 18.2 Å². The van der Waals surface area contributed by atoms with Gasteiger partial charge in [0.15, 0.2) is 0 Å². The van der Waals surface area contributed by atoms with Gasteiger partial charge in [-0.15, -0.1) is 0 Å². The molecule has 2 nitrogen and oxygen atoms in total. The lowest BCUT2D eigenvalue weighted by Gasteiger charge is -2.16. The molecule has 17 heavy (non-hydrogen) atoms. The fourth-order valence-corrected chi connectivity index (χ4v) is 2.22. The number of benzene rings is 1. The van der Waals surface area contributed by atoms with E-state index < -0.39 is 0 Å². The Kier molecular flexibility index (Phi) is 3.46. The standard InChI is InChI=1S/C14H17FO2/c1-9-7-11(5-6-13(9)15)12(10-3-4-10)8-14(16)17-2/h5-7,10,12H,3-4,8H2,1-2H3. The second-order valence-corrected chi connectivity index (χ2v) is 4.73. The number of halogens is 1. The third-order valence-corrected chi connectivity index (χ3v) is 3.42. The molecule has 0 aromatic heterocycles. The summed E-state index contributed by atoms with van der Waals surface area (Å²) >= 11 is 0. The van der Waals surface area contributed by atoms with E-state index in [1.165, 1.54) is 13.2 Å². The number of carbonyl (C=O) groups is 1. The maximum absolute atomic E-state index is 13.2. The first-order chi connectivity index (χ1) is 8.11. The molecule has 2 rings (SSSR count). The fraction of sp³-hybridized carbons (Fsp3) is 0.500. The Hall–Kier alpha value is -1.38. The molecule has 0 spiro atoms. The Balaban J connectivity index is 2.20. The van der Waals surface area contributed by atoms with Crippen LogP contribution < -0.4 is 0 Å². The maximum Gasteiger partial charge on any atom is 0.306 e. The van der Waals surface area contributed by atoms with E-state index in [0.717, 1.165) is 18.4 Å². The topological polar surface area (TPSA) is 26.3 Å². The largest absolute Gasteiger partial charge is 0.469 e. The average Bonchev–Trinajstić information content (AvgIpc) is 3.13. The zero-order chi connectivity index (χ0) is 12.4. The molecule has 0 radical (unpaired) electrons. The SMILES string of the molecule is COC(=O)CC(c1ccc(F)c(C)c1)C1CC1. The molecule has 1 atom stereocenters. The number of ether oxygens (including phenoxy) is 1. The van der Waals surface area contributed by atoms with E-state index in [9.17, 15) is 9.18 Å². The van der Waals surface area contributed by atoms with Gasteiger partial charge in [0.2, 0.25) is 0 Å². The number of aryl methyl sites for hydroxylation is 1. The normalized spacial score (nSPS) is 16.6. The summed E-state index contributed by atoms with van der Waals surface area (Å²) in [4.78, 5) is 11.4. The van der Waals surface area contributed by atoms with Gasteiger partial charge in [-0.3, -0.25) is 4.79 Å². The molecule has 0 saturated heterocycles. The smallest absolute Gasteiger partial charge is 0.306 e. The predicted octanol–water partition coefficient (Wildman–Crippen LogP) is 3.19. The van der Waals surface area contributed by atoms with Crippen LogP contribution in [0.3, 0.4) is 0 Å². The van der Waals surface area contributed by atoms with Crippen LogP contribution >= 0.6 is 0 Å². The van der Waals surface area contributed by atoms with Gasteiger partial charge in [0, 0.05) is 0 Å². The molecule has 1 saturated carbocycles. The Bertz CT molecular complexity index is 424. The van der Waals surface area contributed by atoms with Crippen molar-refractivity contribution in [1.82, 2.24) is 0 Å². The van der Waals surface area contributed by atoms with Crippen molar-refractivity contribution < 1.29 is 13.9 Å². The number of carbonyl (C=O) groups excluding carboxylic acids is 1. The van der Waals surface area contributed by atoms with E-state index >= 15 is 0 Å². The van der Waals surface area contributed by atoms with E-state index in [1.807, 2.05) is 6.07 Å². The molecule has 0 amide bonds. The lowest BCUT2D eigenvalue weighted by molar-refractivity contribution is -0.141. The second-order valence-electron chi connectivity index (χ2n) is 4.73. The van der Waals surface area contributed by atoms with E-state index in [0.29, 0.717) is 17.9 Å². The Morgan fingerprint density at radius 3 is 2.76 bits per heavy atom. The third kappa shape index (κ3) is 2.84. The first-order valence-corrected chi connectivity index (χ1v) is 5.94. The first-order valence-electron chi connectivity index (χ1n) is 5.94. The molecule has 1 aromatic carbocycles. The van der Waals surface area contributed by atoms with Gasteiger partial charge in [-0.25, -0.2) is 4.39 Å². The van der Waals surface area contributed by atoms with Crippen molar-refractivity contribution in [3.63, 3.8) is 0 Å². The van der Waals surface area contributed by atoms with Crippen LogP contribution in [0.4, 0.5) is 4.39 Å². The number of hydrogen-bond donors (Lipinski definition) is 0. The van der Waals surface area contributed by atoms with E-state index in [-0.39, 0.29) is 17.7 Å². The summed E-state index contributed by atoms with van der Waals surface area (Å²) in [6.07, 6.45) is 2.70. The molecule has 1 fully saturated rings. The van der Waals surface area contributed by atoms with Crippen LogP contribution in [0.25, 0.3) is 0 Å². The molecular formula is C14H17FO2. The quantitative estimate of drug-likeness (QED) is 0.750. The summed E-state index contributed by atoms with van der Waals surface area (Å²) in [5, 5.41) is 0. The first kappa shape index (κ1) is 12.1. The summed E-state index contributed by atoms with van der Waals surface area (Å²) in [6.45, 7) is 1.75. The van der Waals surface area contributed by atoms with Crippen molar-refractivity contribution in [2.75, 3.05) is 7.11 Å². The van der Waals surface area contributed by atoms with Crippen molar-refractivity contribution in [1.29, 1.82) is 0 Å². The minimum Gasteiger partial charge on any atom is -0.469 e. The highest BCUT2D eigenvalue weighted by Gasteiger charge is 2.34. The van der Waals surface area contributed by atoms with Gasteiger partial charge >= 0.3 is 5.97 Å². The maximum atomic E-state index is 13.2. The molecule has 0 N–H and O–H groups in total. The Labute approximate surface area is 101 Å². The van der Waals surface area contributed by atoms with Gasteiger partial charge < -0.3 is 4.74 Å². The highest BCUT2D eigenvalue weighted by molar-refractivity contribution is 5.70. The Morgan fingerprint density at radius 2 is 2.24 bits per heavy atom. The van der Waals surface area contributed by atoms with Crippen molar-refractivity contribution in [2.24, 2.45) is 5.92 Å². The van der Waals surface area contributed by atoms with Crippen molar-refractivity contribution >= 4 is 5.97 Å². The molecule has 0 heterocycles. The summed E-state index contributed by atoms with van der Waals surface area (Å²) in [7, 11) is 1.40. The molecule has 1 aliphatic rings. The highest BCUT2D eigenvalue weighted by Crippen LogP contribution is 2.44. The fourth-order valence-electron chi connectivity index (χ4n) is 2.22. The summed E-state index contributed by atoms with van der Waals surface area (Å²) in [5.41, 5.74) is 1.69. The summed E-state index contributed by atoms with van der Waals surface area (Å²) < 4.78 is 17.9. The van der Waals surface area contributed by atoms with Gasteiger partial charge in [-0.05, 0) is 48.8 Å². The highest BCUT2D eigenvalue weighted by atomic mass is 19.1. The summed E-state index contributed by atoms with van der Waals surface area (Å²) in [5.74, 6) is 0.353. The molecule has 1 aromatic rings. The second kappa shape index (κ2) is 4.86. The monoisotopic (exact) mass is 236 g/mol. The minimum atomic E-state index is -0.193. The Morgan fingerprint density at radius 1 is 1.53 bits per heavy atom. The molecule has 3 heteroatoms. The number of rotatable bonds is 4. The molecule has 92 valence electrons. The lowest BCUT2D eigenvalue weighted by Crippen LogP contribution is -2.10. The van der Waals surface area contributed by atoms with Crippen LogP contribution in [0.1, 0.15) is 36.3 Å². The lowest BCUT2D eigenvalue weighted by atomic mass is 9.90. The molecule has 1 aliphatic carbocycles. The van der Waals surface area contributed by atoms with Gasteiger partial charge in [0.25, 0.3) is 0 Å². The van der Waals surface area contributed by atoms with Crippen molar-refractivity contribution in [3.8, 4) is 0 Å². The van der Waals surface area contributed by atoms with Crippen molar-refractivity contribution in [3.05, 3.63) is 35.1 Å². The van der Waals surface area contributed by atoms with Gasteiger partial charge in [0.05, 0.1) is 13.5 Å². The van der Waals surface area contributed by atoms with Crippen LogP contribution in [0, 0.1) is 18.7 Å². The third-order valence-electron chi connectivity index (χ3n) is 3.42. The van der Waals surface area contributed by atoms with E-state index in [2.05, 4.69) is 0 Å². The average molecular weight is 236 g/mol. The minimum absolute atomic E-state index is 0.182. The molecule has 0 aliphatic heterocycles. The molecule has 0 bridgehead atoms. The predicted molar refractivity (Wildman–Crippen MR) is 63.2 cm³/mol. The number of hydrogen-bond acceptors (Lipinski definition) is 2. The number of methoxy groups -OCH3 is 1. The number of esters is 1. The van der Waals surface area contributed by atoms with Crippen LogP contribution in [-0.4, -0.2) is 13.1 Å². The zero-order valence-corrected chi connectivity index (χ0v) is 10.2. The van der Waals surface area contributed by atoms with Crippen LogP contribution in [-0.2, 0) is 9.53 Å². The van der Waals surface area contributed by atoms with Crippen molar-refractivity contribution in [2.45, 2.75) is 32.1 Å². The van der Waals surface area contributed by atoms with Crippen LogP contribution in [0.2, 0.25) is 0 Å². The van der Waals surface area contributed by atoms with E-state index in [1.54, 1.807) is 13.0 Å². The van der Waals surface area contributed by atoms with Gasteiger partial charge in [-0.2, -0.15) is 0 Å². The van der Waals surface area contributed by atoms with E-state index in [4.69, 9.17) is 4.74 Å². The molecular weight excluding hydrogens is 219 g/mol. The van der Waals surface area contributed by atoms with Gasteiger partial charge in [-0.1, -0.05) is 12.1 Å². The van der Waals surface area contributed by atoms with Crippen LogP contribution in [0.5, 0.6) is 0 Å².